The number of allylic oxidation sites excluding steroid dienone is 1. The fourth-order valence-corrected chi connectivity index (χ4v) is 11.3. The molecule has 2 aliphatic rings. The molecule has 0 saturated carbocycles. The molecule has 0 aromatic heterocycles. The van der Waals surface area contributed by atoms with Crippen LogP contribution in [0.5, 0.6) is 0 Å². The van der Waals surface area contributed by atoms with Crippen LogP contribution >= 0.6 is 0 Å². The molecule has 2 saturated heterocycles. The Morgan fingerprint density at radius 2 is 0.905 bits per heavy atom. The van der Waals surface area contributed by atoms with Gasteiger partial charge in [-0.25, -0.2) is 0 Å². The number of fused-ring (bicyclic) bond motifs is 2. The molecule has 2 rings (SSSR count). The highest BCUT2D eigenvalue weighted by atomic mass is 16.3. The van der Waals surface area contributed by atoms with E-state index in [1.807, 2.05) is 55.4 Å². The van der Waals surface area contributed by atoms with Crippen molar-refractivity contribution in [2.24, 2.45) is 35.5 Å². The third-order valence-corrected chi connectivity index (χ3v) is 16.3. The molecule has 0 radical (unpaired) electrons. The summed E-state index contributed by atoms with van der Waals surface area (Å²) in [5.41, 5.74) is 0. The lowest BCUT2D eigenvalue weighted by Gasteiger charge is -2.40. The zero-order valence-electron chi connectivity index (χ0n) is 55.0. The molecule has 23 nitrogen and oxygen atoms in total. The Labute approximate surface area is 501 Å². The summed E-state index contributed by atoms with van der Waals surface area (Å²) in [6, 6.07) is -13.1. The van der Waals surface area contributed by atoms with Gasteiger partial charge in [0.1, 0.15) is 66.5 Å². The molecule has 0 aromatic carbocycles. The molecule has 2 fully saturated rings. The van der Waals surface area contributed by atoms with E-state index >= 15 is 9.59 Å². The highest BCUT2D eigenvalue weighted by molar-refractivity contribution is 6.00. The molecule has 0 aliphatic carbocycles. The Hall–Kier alpha value is -6.13. The second-order valence-electron chi connectivity index (χ2n) is 25.9. The molecule has 0 aromatic rings. The van der Waals surface area contributed by atoms with Crippen molar-refractivity contribution in [1.82, 2.24) is 55.1 Å². The van der Waals surface area contributed by atoms with Crippen molar-refractivity contribution in [1.29, 1.82) is 0 Å². The van der Waals surface area contributed by atoms with Crippen LogP contribution in [-0.4, -0.2) is 238 Å². The molecule has 84 heavy (non-hydrogen) atoms. The van der Waals surface area contributed by atoms with Crippen LogP contribution in [0.3, 0.4) is 0 Å². The number of nitrogens with one attached hydrogen (secondary N) is 3. The van der Waals surface area contributed by atoms with E-state index in [0.29, 0.717) is 0 Å². The Morgan fingerprint density at radius 1 is 0.476 bits per heavy atom. The third-order valence-electron chi connectivity index (χ3n) is 16.3. The maximum atomic E-state index is 15.1. The Balaban J connectivity index is 2.97. The van der Waals surface area contributed by atoms with Gasteiger partial charge in [-0.15, -0.1) is 0 Å². The average molecular weight is 1190 g/mol. The smallest absolute Gasteiger partial charge is 0.249 e. The van der Waals surface area contributed by atoms with E-state index in [0.717, 1.165) is 9.80 Å². The second kappa shape index (κ2) is 32.4. The number of aliphatic hydroxyl groups is 1. The monoisotopic (exact) mass is 1190 g/mol. The summed E-state index contributed by atoms with van der Waals surface area (Å²) in [5, 5.41) is 20.4. The molecule has 23 heteroatoms. The summed E-state index contributed by atoms with van der Waals surface area (Å²) < 4.78 is 0. The summed E-state index contributed by atoms with van der Waals surface area (Å²) in [5.74, 6) is -8.80. The molecule has 0 spiro atoms. The number of hydrogen-bond donors (Lipinski definition) is 4. The minimum atomic E-state index is -1.52. The van der Waals surface area contributed by atoms with E-state index in [9.17, 15) is 48.3 Å². The van der Waals surface area contributed by atoms with Crippen molar-refractivity contribution in [3.8, 4) is 0 Å². The highest BCUT2D eigenvalue weighted by Crippen LogP contribution is 2.32. The summed E-state index contributed by atoms with van der Waals surface area (Å²) in [7, 11) is 9.99. The number of aliphatic hydroxyl groups excluding tert-OH is 1. The molecule has 12 atom stereocenters. The second-order valence-corrected chi connectivity index (χ2v) is 25.9. The maximum Gasteiger partial charge on any atom is 0.249 e. The van der Waals surface area contributed by atoms with Gasteiger partial charge in [0.15, 0.2) is 0 Å². The standard InChI is InChI=1S/C61H107N11O12/c1-24-26-27-42-51(74)50-61(84)72(42)41(25-2)56(79)65(17)32-47(73)66(18)43(28-33(3)4)54(77)64-48(37(11)12)59(82)67(19)44(29-34(5)6)53(76)62-39(15)52(75)63-40(16)55(78)68(20)45(30-35(7)8)57(80)69(21)46(31-36(9)10)58(81)70(22)49(38(13)14)60(83)71(50)23/h24,26,33-46,48-51,74H,25,27-32H2,1-23H3,(H,62,76)(H,63,75)(H,64,77). The lowest BCUT2D eigenvalue weighted by atomic mass is 9.95. The van der Waals surface area contributed by atoms with Gasteiger partial charge in [-0.1, -0.05) is 102 Å². The first-order valence-corrected chi connectivity index (χ1v) is 30.2. The zero-order chi connectivity index (χ0) is 64.8. The number of nitrogens with zero attached hydrogens (tertiary/aromatic N) is 8. The van der Waals surface area contributed by atoms with E-state index < -0.39 is 156 Å². The largest absolute Gasteiger partial charge is 0.388 e. The van der Waals surface area contributed by atoms with Crippen LogP contribution in [-0.2, 0) is 52.7 Å². The Bertz CT molecular complexity index is 2360. The molecule has 478 valence electrons. The number of amides is 11. The number of hydrogen-bond acceptors (Lipinski definition) is 12. The first-order valence-electron chi connectivity index (χ1n) is 30.2. The lowest BCUT2D eigenvalue weighted by molar-refractivity contribution is -0.156. The Kier molecular flexibility index (Phi) is 28.5. The molecular weight excluding hydrogens is 1080 g/mol. The highest BCUT2D eigenvalue weighted by Gasteiger charge is 2.55. The van der Waals surface area contributed by atoms with E-state index in [-0.39, 0.29) is 62.2 Å². The van der Waals surface area contributed by atoms with Gasteiger partial charge in [0.2, 0.25) is 65.0 Å². The lowest BCUT2D eigenvalue weighted by Crippen LogP contribution is -2.61. The van der Waals surface area contributed by atoms with Gasteiger partial charge >= 0.3 is 0 Å². The van der Waals surface area contributed by atoms with Gasteiger partial charge < -0.3 is 60.3 Å². The fourth-order valence-electron chi connectivity index (χ4n) is 11.3. The van der Waals surface area contributed by atoms with Crippen molar-refractivity contribution >= 4 is 65.0 Å². The quantitative estimate of drug-likeness (QED) is 0.194. The molecule has 4 N–H and O–H groups in total. The minimum Gasteiger partial charge on any atom is -0.388 e. The topological polar surface area (TPSA) is 270 Å². The summed E-state index contributed by atoms with van der Waals surface area (Å²) in [6.07, 6.45) is 2.72. The van der Waals surface area contributed by atoms with E-state index in [1.54, 1.807) is 53.7 Å². The van der Waals surface area contributed by atoms with Crippen molar-refractivity contribution < 1.29 is 57.8 Å². The summed E-state index contributed by atoms with van der Waals surface area (Å²) in [4.78, 5) is 170. The Morgan fingerprint density at radius 3 is 1.36 bits per heavy atom. The molecule has 2 aliphatic heterocycles. The van der Waals surface area contributed by atoms with Gasteiger partial charge in [0.05, 0.1) is 12.6 Å². The van der Waals surface area contributed by atoms with Crippen molar-refractivity contribution in [3.05, 3.63) is 12.2 Å². The van der Waals surface area contributed by atoms with E-state index in [2.05, 4.69) is 16.0 Å². The van der Waals surface area contributed by atoms with Crippen LogP contribution in [0.4, 0.5) is 0 Å². The first-order chi connectivity index (χ1) is 38.8. The molecule has 2 heterocycles. The van der Waals surface area contributed by atoms with Gasteiger partial charge in [0.25, 0.3) is 0 Å². The van der Waals surface area contributed by atoms with E-state index in [4.69, 9.17) is 0 Å². The van der Waals surface area contributed by atoms with Crippen LogP contribution in [0.15, 0.2) is 12.2 Å². The number of rotatable bonds is 13. The van der Waals surface area contributed by atoms with Crippen LogP contribution < -0.4 is 16.0 Å². The first kappa shape index (κ1) is 74.0. The van der Waals surface area contributed by atoms with Gasteiger partial charge in [-0.2, -0.15) is 0 Å². The van der Waals surface area contributed by atoms with Crippen LogP contribution in [0, 0.1) is 35.5 Å². The maximum absolute atomic E-state index is 15.1. The van der Waals surface area contributed by atoms with Gasteiger partial charge in [-0.3, -0.25) is 52.7 Å². The van der Waals surface area contributed by atoms with Crippen LogP contribution in [0.1, 0.15) is 149 Å². The number of likely N-dealkylation sites (N-methyl/N-ethyl adjacent to an activating group) is 7. The predicted molar refractivity (Wildman–Crippen MR) is 322 cm³/mol. The van der Waals surface area contributed by atoms with Gasteiger partial charge in [0, 0.05) is 49.3 Å². The SMILES string of the molecule is CC=CCC1C(O)C2C(=O)N1C(CC)C(=O)N(C)CC(=O)N(C)C(CC(C)C)C(=O)NC(C(C)C)C(=O)N(C)C(CC(C)C)C(=O)NC(C)C(=O)NC(C)C(=O)N(C)C(CC(C)C)C(=O)N(C)C(CC(C)C)C(=O)N(C)C(C(C)C)C(=O)N2C. The van der Waals surface area contributed by atoms with Gasteiger partial charge in [-0.05, 0) is 94.8 Å². The van der Waals surface area contributed by atoms with E-state index in [1.165, 1.54) is 92.6 Å². The average Bonchev–Trinajstić information content (AvgIpc) is 2.11. The fraction of sp³-hybridized carbons (Fsp3) is 0.787. The van der Waals surface area contributed by atoms with Crippen LogP contribution in [0.2, 0.25) is 0 Å². The van der Waals surface area contributed by atoms with Crippen molar-refractivity contribution in [2.75, 3.05) is 55.9 Å². The summed E-state index contributed by atoms with van der Waals surface area (Å²) in [6.45, 7) is 27.7. The van der Waals surface area contributed by atoms with Crippen LogP contribution in [0.25, 0.3) is 0 Å². The number of carbonyl (C=O) groups is 11. The zero-order valence-corrected chi connectivity index (χ0v) is 55.0. The normalized spacial score (nSPS) is 28.7. The molecule has 2 bridgehead atoms. The van der Waals surface area contributed by atoms with Crippen molar-refractivity contribution in [2.45, 2.75) is 222 Å². The molecule has 12 unspecified atom stereocenters. The predicted octanol–water partition coefficient (Wildman–Crippen LogP) is 2.73. The third kappa shape index (κ3) is 18.4. The minimum absolute atomic E-state index is 0.0455. The molecule has 11 amide bonds. The molecular formula is C61H107N11O12. The van der Waals surface area contributed by atoms with Crippen molar-refractivity contribution in [3.63, 3.8) is 0 Å². The number of carbonyl (C=O) groups excluding carboxylic acids is 11. The summed E-state index contributed by atoms with van der Waals surface area (Å²) >= 11 is 0.